The van der Waals surface area contributed by atoms with Gasteiger partial charge in [0.15, 0.2) is 0 Å². The Hall–Kier alpha value is -0.0800. The van der Waals surface area contributed by atoms with E-state index in [1.165, 1.54) is 25.7 Å². The molecule has 100 valence electrons. The van der Waals surface area contributed by atoms with E-state index >= 15 is 0 Å². The van der Waals surface area contributed by atoms with E-state index in [2.05, 4.69) is 6.92 Å². The summed E-state index contributed by atoms with van der Waals surface area (Å²) >= 11 is 0. The molecule has 17 heavy (non-hydrogen) atoms. The average molecular weight is 240 g/mol. The first-order valence-corrected chi connectivity index (χ1v) is 7.52. The summed E-state index contributed by atoms with van der Waals surface area (Å²) in [6.45, 7) is 2.27. The second-order valence-corrected chi connectivity index (χ2v) is 6.49. The van der Waals surface area contributed by atoms with Crippen LogP contribution in [0.1, 0.15) is 71.1 Å². The fraction of sp³-hybridized carbons (Fsp3) is 1.00. The summed E-state index contributed by atoms with van der Waals surface area (Å²) in [6.07, 6.45) is 10.4. The minimum absolute atomic E-state index is 0.335. The lowest BCUT2D eigenvalue weighted by Crippen LogP contribution is -2.47. The Morgan fingerprint density at radius 3 is 2.24 bits per heavy atom. The van der Waals surface area contributed by atoms with Crippen molar-refractivity contribution in [2.75, 3.05) is 0 Å². The molecule has 0 aromatic heterocycles. The van der Waals surface area contributed by atoms with Gasteiger partial charge in [-0.25, -0.2) is 0 Å². The van der Waals surface area contributed by atoms with Gasteiger partial charge in [-0.1, -0.05) is 45.4 Å². The predicted octanol–water partition coefficient (Wildman–Crippen LogP) is 3.26. The third-order valence-corrected chi connectivity index (χ3v) is 4.94. The van der Waals surface area contributed by atoms with Crippen molar-refractivity contribution in [2.45, 2.75) is 82.8 Å². The van der Waals surface area contributed by atoms with Crippen LogP contribution in [0.25, 0.3) is 0 Å². The lowest BCUT2D eigenvalue weighted by molar-refractivity contribution is -0.117. The van der Waals surface area contributed by atoms with E-state index in [9.17, 15) is 10.2 Å². The normalized spacial score (nSPS) is 36.2. The topological polar surface area (TPSA) is 40.5 Å². The standard InChI is InChI=1S/C15H28O2/c1-12-7-6-8-13(11-12)14(16)15(17)9-4-2-3-5-10-15/h12-14,16-17H,2-11H2,1H3. The van der Waals surface area contributed by atoms with Gasteiger partial charge < -0.3 is 10.2 Å². The van der Waals surface area contributed by atoms with Crippen LogP contribution in [0.5, 0.6) is 0 Å². The Kier molecular flexibility index (Phi) is 4.48. The Balaban J connectivity index is 1.98. The summed E-state index contributed by atoms with van der Waals surface area (Å²) in [6, 6.07) is 0. The zero-order valence-electron chi connectivity index (χ0n) is 11.2. The molecule has 0 aliphatic heterocycles. The van der Waals surface area contributed by atoms with E-state index in [4.69, 9.17) is 0 Å². The van der Waals surface area contributed by atoms with Crippen molar-refractivity contribution in [2.24, 2.45) is 11.8 Å². The highest BCUT2D eigenvalue weighted by molar-refractivity contribution is 4.93. The summed E-state index contributed by atoms with van der Waals surface area (Å²) < 4.78 is 0. The molecular weight excluding hydrogens is 212 g/mol. The Morgan fingerprint density at radius 2 is 1.65 bits per heavy atom. The van der Waals surface area contributed by atoms with Crippen LogP contribution in [-0.4, -0.2) is 21.9 Å². The first kappa shape index (κ1) is 13.4. The molecule has 2 saturated carbocycles. The fourth-order valence-corrected chi connectivity index (χ4v) is 3.84. The number of rotatable bonds is 2. The van der Waals surface area contributed by atoms with Gasteiger partial charge in [0.25, 0.3) is 0 Å². The van der Waals surface area contributed by atoms with Crippen molar-refractivity contribution in [1.82, 2.24) is 0 Å². The Labute approximate surface area is 105 Å². The largest absolute Gasteiger partial charge is 0.390 e. The van der Waals surface area contributed by atoms with Gasteiger partial charge in [0.1, 0.15) is 0 Å². The lowest BCUT2D eigenvalue weighted by atomic mass is 9.73. The second kappa shape index (κ2) is 5.71. The minimum atomic E-state index is -0.780. The van der Waals surface area contributed by atoms with Crippen LogP contribution < -0.4 is 0 Å². The van der Waals surface area contributed by atoms with Crippen LogP contribution >= 0.6 is 0 Å². The van der Waals surface area contributed by atoms with Gasteiger partial charge in [-0.05, 0) is 37.5 Å². The monoisotopic (exact) mass is 240 g/mol. The van der Waals surface area contributed by atoms with E-state index in [-0.39, 0.29) is 0 Å². The Bertz CT molecular complexity index is 231. The minimum Gasteiger partial charge on any atom is -0.390 e. The zero-order valence-corrected chi connectivity index (χ0v) is 11.2. The fourth-order valence-electron chi connectivity index (χ4n) is 3.84. The Morgan fingerprint density at radius 1 is 1.00 bits per heavy atom. The predicted molar refractivity (Wildman–Crippen MR) is 69.8 cm³/mol. The van der Waals surface area contributed by atoms with Crippen LogP contribution in [0.4, 0.5) is 0 Å². The first-order chi connectivity index (χ1) is 8.12. The van der Waals surface area contributed by atoms with Crippen LogP contribution in [0.2, 0.25) is 0 Å². The average Bonchev–Trinajstić information content (AvgIpc) is 2.54. The highest BCUT2D eigenvalue weighted by atomic mass is 16.3. The molecule has 0 spiro atoms. The molecule has 3 unspecified atom stereocenters. The van der Waals surface area contributed by atoms with Gasteiger partial charge in [-0.15, -0.1) is 0 Å². The molecule has 2 nitrogen and oxygen atoms in total. The maximum absolute atomic E-state index is 10.7. The van der Waals surface area contributed by atoms with Crippen molar-refractivity contribution in [3.05, 3.63) is 0 Å². The maximum atomic E-state index is 10.7. The van der Waals surface area contributed by atoms with Crippen LogP contribution in [0, 0.1) is 11.8 Å². The van der Waals surface area contributed by atoms with Gasteiger partial charge in [0.2, 0.25) is 0 Å². The highest BCUT2D eigenvalue weighted by Gasteiger charge is 2.41. The summed E-state index contributed by atoms with van der Waals surface area (Å²) in [5, 5.41) is 21.3. The van der Waals surface area contributed by atoms with Crippen LogP contribution in [0.15, 0.2) is 0 Å². The van der Waals surface area contributed by atoms with Gasteiger partial charge in [0, 0.05) is 0 Å². The number of aliphatic hydroxyl groups excluding tert-OH is 1. The molecule has 0 bridgehead atoms. The van der Waals surface area contributed by atoms with E-state index in [0.29, 0.717) is 5.92 Å². The van der Waals surface area contributed by atoms with Crippen molar-refractivity contribution in [1.29, 1.82) is 0 Å². The summed E-state index contributed by atoms with van der Waals surface area (Å²) in [5.74, 6) is 1.06. The smallest absolute Gasteiger partial charge is 0.0908 e. The zero-order chi connectivity index (χ0) is 12.3. The van der Waals surface area contributed by atoms with Crippen molar-refractivity contribution in [3.63, 3.8) is 0 Å². The van der Waals surface area contributed by atoms with Crippen molar-refractivity contribution >= 4 is 0 Å². The highest BCUT2D eigenvalue weighted by Crippen LogP contribution is 2.39. The van der Waals surface area contributed by atoms with Crippen LogP contribution in [0.3, 0.4) is 0 Å². The van der Waals surface area contributed by atoms with Gasteiger partial charge >= 0.3 is 0 Å². The molecule has 0 aromatic carbocycles. The van der Waals surface area contributed by atoms with E-state index < -0.39 is 11.7 Å². The maximum Gasteiger partial charge on any atom is 0.0908 e. The number of hydrogen-bond acceptors (Lipinski definition) is 2. The van der Waals surface area contributed by atoms with Crippen molar-refractivity contribution < 1.29 is 10.2 Å². The molecule has 0 heterocycles. The van der Waals surface area contributed by atoms with E-state index in [0.717, 1.165) is 44.4 Å². The van der Waals surface area contributed by atoms with Gasteiger partial charge in [-0.3, -0.25) is 0 Å². The van der Waals surface area contributed by atoms with Crippen LogP contribution in [-0.2, 0) is 0 Å². The second-order valence-electron chi connectivity index (χ2n) is 6.49. The molecule has 2 N–H and O–H groups in total. The van der Waals surface area contributed by atoms with E-state index in [1.54, 1.807) is 0 Å². The third-order valence-electron chi connectivity index (χ3n) is 4.94. The van der Waals surface area contributed by atoms with Crippen molar-refractivity contribution in [3.8, 4) is 0 Å². The molecule has 2 heteroatoms. The molecular formula is C15H28O2. The lowest BCUT2D eigenvalue weighted by Gasteiger charge is -2.40. The third kappa shape index (κ3) is 3.23. The first-order valence-electron chi connectivity index (χ1n) is 7.52. The SMILES string of the molecule is CC1CCCC(C(O)C2(O)CCCCCC2)C1. The molecule has 2 rings (SSSR count). The molecule has 0 radical (unpaired) electrons. The molecule has 0 saturated heterocycles. The molecule has 2 aliphatic rings. The summed E-state index contributed by atoms with van der Waals surface area (Å²) in [4.78, 5) is 0. The quantitative estimate of drug-likeness (QED) is 0.727. The summed E-state index contributed by atoms with van der Waals surface area (Å²) in [7, 11) is 0. The molecule has 0 amide bonds. The molecule has 2 fully saturated rings. The number of hydrogen-bond donors (Lipinski definition) is 2. The number of aliphatic hydroxyl groups is 2. The van der Waals surface area contributed by atoms with Gasteiger partial charge in [-0.2, -0.15) is 0 Å². The van der Waals surface area contributed by atoms with Gasteiger partial charge in [0.05, 0.1) is 11.7 Å². The molecule has 3 atom stereocenters. The van der Waals surface area contributed by atoms with E-state index in [1.807, 2.05) is 0 Å². The molecule has 2 aliphatic carbocycles. The summed E-state index contributed by atoms with van der Waals surface area (Å²) in [5.41, 5.74) is -0.780. The molecule has 0 aromatic rings.